The molecule has 0 radical (unpaired) electrons. The van der Waals surface area contributed by atoms with Gasteiger partial charge in [0.15, 0.2) is 0 Å². The van der Waals surface area contributed by atoms with Crippen LogP contribution in [-0.4, -0.2) is 37.0 Å². The van der Waals surface area contributed by atoms with Gasteiger partial charge in [-0.3, -0.25) is 9.69 Å². The molecule has 0 saturated carbocycles. The molecule has 1 aliphatic heterocycles. The third-order valence-electron chi connectivity index (χ3n) is 3.65. The number of halogens is 1. The number of likely N-dealkylation sites (N-methyl/N-ethyl adjacent to an activating group) is 1. The summed E-state index contributed by atoms with van der Waals surface area (Å²) >= 11 is 0. The number of benzene rings is 1. The molecule has 1 amide bonds. The molecule has 1 fully saturated rings. The highest BCUT2D eigenvalue weighted by atomic mass is 19.1. The first-order valence-electron chi connectivity index (χ1n) is 6.58. The Hall–Kier alpha value is -1.46. The molecule has 19 heavy (non-hydrogen) atoms. The minimum absolute atomic E-state index is 0.216. The zero-order chi connectivity index (χ0) is 13.8. The van der Waals surface area contributed by atoms with Crippen molar-refractivity contribution in [2.45, 2.75) is 25.4 Å². The molecule has 104 valence electrons. The molecule has 1 saturated heterocycles. The molecule has 4 nitrogen and oxygen atoms in total. The third kappa shape index (κ3) is 3.52. The maximum atomic E-state index is 13.9. The lowest BCUT2D eigenvalue weighted by atomic mass is 10.0. The van der Waals surface area contributed by atoms with Gasteiger partial charge in [0.1, 0.15) is 5.82 Å². The predicted molar refractivity (Wildman–Crippen MR) is 72.3 cm³/mol. The van der Waals surface area contributed by atoms with Crippen LogP contribution in [0.15, 0.2) is 18.2 Å². The van der Waals surface area contributed by atoms with Crippen LogP contribution < -0.4 is 11.1 Å². The van der Waals surface area contributed by atoms with Crippen LogP contribution in [0.3, 0.4) is 0 Å². The fraction of sp³-hybridized carbons (Fsp3) is 0.500. The standard InChI is InChI=1S/C14H20FN3O/c1-17-12-3-2-6-18(9-12)8-11-5-4-10(14(16)19)7-13(11)15/h4-5,7,12,17H,2-3,6,8-9H2,1H3,(H2,16,19). The van der Waals surface area contributed by atoms with E-state index in [1.165, 1.54) is 6.07 Å². The van der Waals surface area contributed by atoms with Gasteiger partial charge in [-0.15, -0.1) is 0 Å². The van der Waals surface area contributed by atoms with Crippen LogP contribution in [0.2, 0.25) is 0 Å². The van der Waals surface area contributed by atoms with E-state index in [1.807, 2.05) is 7.05 Å². The van der Waals surface area contributed by atoms with Crippen molar-refractivity contribution in [2.24, 2.45) is 5.73 Å². The zero-order valence-electron chi connectivity index (χ0n) is 11.2. The number of hydrogen-bond donors (Lipinski definition) is 2. The van der Waals surface area contributed by atoms with Crippen LogP contribution in [-0.2, 0) is 6.54 Å². The first-order valence-corrected chi connectivity index (χ1v) is 6.58. The zero-order valence-corrected chi connectivity index (χ0v) is 11.2. The Labute approximate surface area is 112 Å². The lowest BCUT2D eigenvalue weighted by Gasteiger charge is -2.32. The lowest BCUT2D eigenvalue weighted by Crippen LogP contribution is -2.44. The Morgan fingerprint density at radius 3 is 3.00 bits per heavy atom. The third-order valence-corrected chi connectivity index (χ3v) is 3.65. The smallest absolute Gasteiger partial charge is 0.248 e. The van der Waals surface area contributed by atoms with Gasteiger partial charge < -0.3 is 11.1 Å². The maximum absolute atomic E-state index is 13.9. The van der Waals surface area contributed by atoms with E-state index in [4.69, 9.17) is 5.73 Å². The number of likely N-dealkylation sites (tertiary alicyclic amines) is 1. The normalized spacial score (nSPS) is 20.4. The number of nitrogens with two attached hydrogens (primary N) is 1. The minimum Gasteiger partial charge on any atom is -0.366 e. The average molecular weight is 265 g/mol. The number of nitrogens with one attached hydrogen (secondary N) is 1. The summed E-state index contributed by atoms with van der Waals surface area (Å²) in [6.07, 6.45) is 2.28. The topological polar surface area (TPSA) is 58.4 Å². The van der Waals surface area contributed by atoms with Crippen LogP contribution in [0, 0.1) is 5.82 Å². The number of carbonyl (C=O) groups excluding carboxylic acids is 1. The van der Waals surface area contributed by atoms with Crippen molar-refractivity contribution < 1.29 is 9.18 Å². The molecule has 1 unspecified atom stereocenters. The lowest BCUT2D eigenvalue weighted by molar-refractivity contribution is 0.1000. The van der Waals surface area contributed by atoms with Gasteiger partial charge in [0, 0.05) is 30.3 Å². The van der Waals surface area contributed by atoms with Crippen LogP contribution in [0.25, 0.3) is 0 Å². The Morgan fingerprint density at radius 2 is 2.37 bits per heavy atom. The molecule has 5 heteroatoms. The molecule has 2 rings (SSSR count). The van der Waals surface area contributed by atoms with Crippen molar-refractivity contribution in [3.05, 3.63) is 35.1 Å². The molecule has 1 aromatic rings. The number of primary amides is 1. The molecule has 0 aromatic heterocycles. The monoisotopic (exact) mass is 265 g/mol. The van der Waals surface area contributed by atoms with E-state index in [1.54, 1.807) is 12.1 Å². The Bertz CT molecular complexity index is 464. The largest absolute Gasteiger partial charge is 0.366 e. The average Bonchev–Trinajstić information content (AvgIpc) is 2.41. The fourth-order valence-electron chi connectivity index (χ4n) is 2.50. The molecular formula is C14H20FN3O. The molecule has 0 spiro atoms. The van der Waals surface area contributed by atoms with E-state index < -0.39 is 5.91 Å². The molecule has 1 atom stereocenters. The van der Waals surface area contributed by atoms with Crippen LogP contribution in [0.5, 0.6) is 0 Å². The summed E-state index contributed by atoms with van der Waals surface area (Å²) in [6.45, 7) is 2.48. The quantitative estimate of drug-likeness (QED) is 0.857. The van der Waals surface area contributed by atoms with Gasteiger partial charge in [-0.25, -0.2) is 4.39 Å². The van der Waals surface area contributed by atoms with E-state index in [-0.39, 0.29) is 11.4 Å². The molecule has 1 aromatic carbocycles. The molecular weight excluding hydrogens is 245 g/mol. The van der Waals surface area contributed by atoms with Crippen molar-refractivity contribution in [3.8, 4) is 0 Å². The maximum Gasteiger partial charge on any atom is 0.248 e. The highest BCUT2D eigenvalue weighted by Crippen LogP contribution is 2.16. The summed E-state index contributed by atoms with van der Waals surface area (Å²) < 4.78 is 13.9. The van der Waals surface area contributed by atoms with E-state index in [0.29, 0.717) is 18.2 Å². The Morgan fingerprint density at radius 1 is 1.58 bits per heavy atom. The van der Waals surface area contributed by atoms with Crippen molar-refractivity contribution >= 4 is 5.91 Å². The summed E-state index contributed by atoms with van der Waals surface area (Å²) in [5.41, 5.74) is 5.96. The molecule has 0 aliphatic carbocycles. The van der Waals surface area contributed by atoms with Gasteiger partial charge >= 0.3 is 0 Å². The van der Waals surface area contributed by atoms with E-state index in [2.05, 4.69) is 10.2 Å². The highest BCUT2D eigenvalue weighted by Gasteiger charge is 2.19. The number of amides is 1. The summed E-state index contributed by atoms with van der Waals surface area (Å²) in [4.78, 5) is 13.2. The second kappa shape index (κ2) is 6.12. The highest BCUT2D eigenvalue weighted by molar-refractivity contribution is 5.92. The van der Waals surface area contributed by atoms with Crippen molar-refractivity contribution in [2.75, 3.05) is 20.1 Å². The van der Waals surface area contributed by atoms with Gasteiger partial charge in [-0.2, -0.15) is 0 Å². The number of carbonyl (C=O) groups is 1. The Balaban J connectivity index is 2.04. The fourth-order valence-corrected chi connectivity index (χ4v) is 2.50. The van der Waals surface area contributed by atoms with Crippen LogP contribution in [0.4, 0.5) is 4.39 Å². The van der Waals surface area contributed by atoms with Gasteiger partial charge in [-0.1, -0.05) is 6.07 Å². The van der Waals surface area contributed by atoms with Gasteiger partial charge in [0.05, 0.1) is 0 Å². The number of rotatable bonds is 4. The van der Waals surface area contributed by atoms with Crippen molar-refractivity contribution in [3.63, 3.8) is 0 Å². The first-order chi connectivity index (χ1) is 9.10. The SMILES string of the molecule is CNC1CCCN(Cc2ccc(C(N)=O)cc2F)C1. The summed E-state index contributed by atoms with van der Waals surface area (Å²) in [5.74, 6) is -0.957. The second-order valence-electron chi connectivity index (χ2n) is 5.03. The van der Waals surface area contributed by atoms with E-state index in [9.17, 15) is 9.18 Å². The molecule has 3 N–H and O–H groups in total. The van der Waals surface area contributed by atoms with Crippen LogP contribution >= 0.6 is 0 Å². The van der Waals surface area contributed by atoms with Gasteiger partial charge in [0.2, 0.25) is 5.91 Å². The number of piperidine rings is 1. The van der Waals surface area contributed by atoms with Crippen molar-refractivity contribution in [1.82, 2.24) is 10.2 Å². The summed E-state index contributed by atoms with van der Waals surface area (Å²) in [7, 11) is 1.95. The summed E-state index contributed by atoms with van der Waals surface area (Å²) in [5, 5.41) is 3.26. The second-order valence-corrected chi connectivity index (χ2v) is 5.03. The van der Waals surface area contributed by atoms with E-state index in [0.717, 1.165) is 25.9 Å². The van der Waals surface area contributed by atoms with Crippen molar-refractivity contribution in [1.29, 1.82) is 0 Å². The molecule has 1 heterocycles. The molecule has 1 aliphatic rings. The first kappa shape index (κ1) is 14.0. The summed E-state index contributed by atoms with van der Waals surface area (Å²) in [6, 6.07) is 4.93. The van der Waals surface area contributed by atoms with Gasteiger partial charge in [-0.05, 0) is 38.6 Å². The minimum atomic E-state index is -0.598. The van der Waals surface area contributed by atoms with Crippen LogP contribution in [0.1, 0.15) is 28.8 Å². The molecule has 0 bridgehead atoms. The number of nitrogens with zero attached hydrogens (tertiary/aromatic N) is 1. The Kier molecular flexibility index (Phi) is 4.50. The van der Waals surface area contributed by atoms with E-state index >= 15 is 0 Å². The van der Waals surface area contributed by atoms with Gasteiger partial charge in [0.25, 0.3) is 0 Å². The number of hydrogen-bond acceptors (Lipinski definition) is 3. The predicted octanol–water partition coefficient (Wildman–Crippen LogP) is 1.11.